The standard InChI is InChI=1S/C20H24O7/c1-22-12-8-10-7-11-9-13(23-2)18(25-4)20(27-6)15(11)16(21)14(10)19(26-5)17(12)24-3/h8-9,16,21H,7H2,1-6H3. The van der Waals surface area contributed by atoms with Crippen LogP contribution in [-0.4, -0.2) is 47.8 Å². The topological polar surface area (TPSA) is 75.6 Å². The number of ether oxygens (including phenoxy) is 6. The lowest BCUT2D eigenvalue weighted by Crippen LogP contribution is -2.17. The van der Waals surface area contributed by atoms with E-state index in [1.54, 1.807) is 14.2 Å². The number of methoxy groups -OCH3 is 6. The molecule has 0 fully saturated rings. The molecule has 7 nitrogen and oxygen atoms in total. The van der Waals surface area contributed by atoms with Crippen LogP contribution in [0.25, 0.3) is 0 Å². The molecule has 0 heterocycles. The number of aliphatic hydroxyl groups excluding tert-OH is 1. The first-order valence-corrected chi connectivity index (χ1v) is 8.37. The summed E-state index contributed by atoms with van der Waals surface area (Å²) in [4.78, 5) is 0. The number of aliphatic hydroxyl groups is 1. The summed E-state index contributed by atoms with van der Waals surface area (Å²) in [7, 11) is 9.26. The first-order chi connectivity index (χ1) is 13.1. The molecule has 7 heteroatoms. The lowest BCUT2D eigenvalue weighted by atomic mass is 9.82. The van der Waals surface area contributed by atoms with Crippen molar-refractivity contribution in [2.75, 3.05) is 42.7 Å². The van der Waals surface area contributed by atoms with E-state index in [4.69, 9.17) is 28.4 Å². The highest BCUT2D eigenvalue weighted by molar-refractivity contribution is 5.69. The minimum Gasteiger partial charge on any atom is -0.493 e. The van der Waals surface area contributed by atoms with E-state index < -0.39 is 6.10 Å². The fraction of sp³-hybridized carbons (Fsp3) is 0.400. The van der Waals surface area contributed by atoms with Crippen LogP contribution in [0.2, 0.25) is 0 Å². The van der Waals surface area contributed by atoms with Crippen LogP contribution in [0.3, 0.4) is 0 Å². The molecule has 0 saturated heterocycles. The van der Waals surface area contributed by atoms with E-state index in [9.17, 15) is 5.11 Å². The molecule has 0 bridgehead atoms. The average Bonchev–Trinajstić information content (AvgIpc) is 2.70. The Bertz CT molecular complexity index is 791. The van der Waals surface area contributed by atoms with Crippen LogP contribution in [-0.2, 0) is 6.42 Å². The highest BCUT2D eigenvalue weighted by atomic mass is 16.5. The zero-order chi connectivity index (χ0) is 19.7. The van der Waals surface area contributed by atoms with Crippen LogP contribution in [0, 0.1) is 0 Å². The predicted octanol–water partition coefficient (Wildman–Crippen LogP) is 2.72. The average molecular weight is 376 g/mol. The smallest absolute Gasteiger partial charge is 0.203 e. The van der Waals surface area contributed by atoms with Gasteiger partial charge < -0.3 is 33.5 Å². The van der Waals surface area contributed by atoms with Crippen molar-refractivity contribution in [3.8, 4) is 34.5 Å². The SMILES string of the molecule is COc1cc2c(c(OC)c1OC)C(O)c1c(cc(OC)c(OC)c1OC)C2. The van der Waals surface area contributed by atoms with E-state index in [0.29, 0.717) is 52.0 Å². The lowest BCUT2D eigenvalue weighted by Gasteiger charge is -2.30. The first kappa shape index (κ1) is 19.0. The van der Waals surface area contributed by atoms with Gasteiger partial charge in [-0.3, -0.25) is 0 Å². The van der Waals surface area contributed by atoms with Gasteiger partial charge in [-0.2, -0.15) is 0 Å². The van der Waals surface area contributed by atoms with Gasteiger partial charge in [0.05, 0.1) is 42.7 Å². The highest BCUT2D eigenvalue weighted by Gasteiger charge is 2.35. The molecule has 2 aromatic carbocycles. The fourth-order valence-corrected chi connectivity index (χ4v) is 3.70. The normalized spacial score (nSPS) is 12.7. The monoisotopic (exact) mass is 376 g/mol. The Balaban J connectivity index is 2.31. The van der Waals surface area contributed by atoms with Crippen LogP contribution < -0.4 is 28.4 Å². The van der Waals surface area contributed by atoms with E-state index in [1.807, 2.05) is 12.1 Å². The molecule has 0 unspecified atom stereocenters. The van der Waals surface area contributed by atoms with Crippen molar-refractivity contribution in [1.82, 2.24) is 0 Å². The van der Waals surface area contributed by atoms with Crippen molar-refractivity contribution in [3.63, 3.8) is 0 Å². The highest BCUT2D eigenvalue weighted by Crippen LogP contribution is 2.53. The second kappa shape index (κ2) is 7.44. The van der Waals surface area contributed by atoms with Gasteiger partial charge in [0, 0.05) is 11.1 Å². The van der Waals surface area contributed by atoms with Gasteiger partial charge in [-0.25, -0.2) is 0 Å². The second-order valence-corrected chi connectivity index (χ2v) is 6.02. The summed E-state index contributed by atoms with van der Waals surface area (Å²) in [6, 6.07) is 3.71. The zero-order valence-electron chi connectivity index (χ0n) is 16.3. The third-order valence-corrected chi connectivity index (χ3v) is 4.84. The van der Waals surface area contributed by atoms with E-state index in [0.717, 1.165) is 11.1 Å². The Kier molecular flexibility index (Phi) is 5.23. The van der Waals surface area contributed by atoms with Crippen molar-refractivity contribution in [2.24, 2.45) is 0 Å². The number of hydrogen-bond acceptors (Lipinski definition) is 7. The Hall–Kier alpha value is -2.80. The molecule has 27 heavy (non-hydrogen) atoms. The Labute approximate surface area is 158 Å². The molecule has 3 rings (SSSR count). The number of fused-ring (bicyclic) bond motifs is 2. The third-order valence-electron chi connectivity index (χ3n) is 4.84. The Morgan fingerprint density at radius 1 is 0.630 bits per heavy atom. The summed E-state index contributed by atoms with van der Waals surface area (Å²) >= 11 is 0. The van der Waals surface area contributed by atoms with Crippen LogP contribution in [0.1, 0.15) is 28.4 Å². The molecule has 1 aliphatic carbocycles. The van der Waals surface area contributed by atoms with Crippen molar-refractivity contribution in [3.05, 3.63) is 34.4 Å². The van der Waals surface area contributed by atoms with Crippen molar-refractivity contribution in [1.29, 1.82) is 0 Å². The molecule has 0 radical (unpaired) electrons. The molecule has 146 valence electrons. The largest absolute Gasteiger partial charge is 0.493 e. The van der Waals surface area contributed by atoms with E-state index in [1.165, 1.54) is 28.4 Å². The second-order valence-electron chi connectivity index (χ2n) is 6.02. The predicted molar refractivity (Wildman–Crippen MR) is 99.1 cm³/mol. The lowest BCUT2D eigenvalue weighted by molar-refractivity contribution is 0.200. The quantitative estimate of drug-likeness (QED) is 0.831. The van der Waals surface area contributed by atoms with Crippen molar-refractivity contribution < 1.29 is 33.5 Å². The molecule has 0 amide bonds. The maximum Gasteiger partial charge on any atom is 0.203 e. The molecule has 0 spiro atoms. The first-order valence-electron chi connectivity index (χ1n) is 8.37. The molecular weight excluding hydrogens is 352 g/mol. The van der Waals surface area contributed by atoms with Gasteiger partial charge in [0.15, 0.2) is 23.0 Å². The third kappa shape index (κ3) is 2.78. The summed E-state index contributed by atoms with van der Waals surface area (Å²) in [5, 5.41) is 11.3. The molecule has 0 saturated carbocycles. The van der Waals surface area contributed by atoms with Gasteiger partial charge in [-0.05, 0) is 29.7 Å². The summed E-state index contributed by atoms with van der Waals surface area (Å²) in [6.45, 7) is 0. The van der Waals surface area contributed by atoms with Gasteiger partial charge in [0.1, 0.15) is 6.10 Å². The van der Waals surface area contributed by atoms with Gasteiger partial charge in [-0.15, -0.1) is 0 Å². The summed E-state index contributed by atoms with van der Waals surface area (Å²) < 4.78 is 33.0. The van der Waals surface area contributed by atoms with Crippen LogP contribution in [0.4, 0.5) is 0 Å². The van der Waals surface area contributed by atoms with Crippen LogP contribution in [0.15, 0.2) is 12.1 Å². The summed E-state index contributed by atoms with van der Waals surface area (Å²) in [6.07, 6.45) is -0.455. The van der Waals surface area contributed by atoms with Gasteiger partial charge in [0.2, 0.25) is 11.5 Å². The molecule has 2 aromatic rings. The van der Waals surface area contributed by atoms with E-state index >= 15 is 0 Å². The fourth-order valence-electron chi connectivity index (χ4n) is 3.70. The number of rotatable bonds is 6. The Morgan fingerprint density at radius 3 is 1.30 bits per heavy atom. The summed E-state index contributed by atoms with van der Waals surface area (Å²) in [5.41, 5.74) is 2.99. The van der Waals surface area contributed by atoms with Crippen LogP contribution >= 0.6 is 0 Å². The van der Waals surface area contributed by atoms with E-state index in [2.05, 4.69) is 0 Å². The van der Waals surface area contributed by atoms with Gasteiger partial charge in [-0.1, -0.05) is 0 Å². The maximum atomic E-state index is 11.3. The minimum absolute atomic E-state index is 0.431. The number of benzene rings is 2. The molecular formula is C20H24O7. The minimum atomic E-state index is -0.992. The van der Waals surface area contributed by atoms with Crippen LogP contribution in [0.5, 0.6) is 34.5 Å². The molecule has 0 aliphatic heterocycles. The molecule has 0 atom stereocenters. The maximum absolute atomic E-state index is 11.3. The van der Waals surface area contributed by atoms with Gasteiger partial charge in [0.25, 0.3) is 0 Å². The van der Waals surface area contributed by atoms with Gasteiger partial charge >= 0.3 is 0 Å². The Morgan fingerprint density at radius 2 is 1.00 bits per heavy atom. The number of hydrogen-bond donors (Lipinski definition) is 1. The molecule has 0 aromatic heterocycles. The summed E-state index contributed by atoms with van der Waals surface area (Å²) in [5.74, 6) is 2.80. The van der Waals surface area contributed by atoms with E-state index in [-0.39, 0.29) is 0 Å². The molecule has 1 aliphatic rings. The zero-order valence-corrected chi connectivity index (χ0v) is 16.3. The van der Waals surface area contributed by atoms with Crippen molar-refractivity contribution in [2.45, 2.75) is 12.5 Å². The van der Waals surface area contributed by atoms with Crippen molar-refractivity contribution >= 4 is 0 Å². The molecule has 1 N–H and O–H groups in total.